The highest BCUT2D eigenvalue weighted by atomic mass is 19.1. The van der Waals surface area contributed by atoms with Gasteiger partial charge < -0.3 is 5.32 Å². The molecule has 2 fully saturated rings. The Balaban J connectivity index is 1.42. The summed E-state index contributed by atoms with van der Waals surface area (Å²) in [7, 11) is 0. The van der Waals surface area contributed by atoms with Crippen molar-refractivity contribution < 1.29 is 4.39 Å². The van der Waals surface area contributed by atoms with Gasteiger partial charge in [-0.3, -0.25) is 9.88 Å². The highest BCUT2D eigenvalue weighted by molar-refractivity contribution is 5.10. The third kappa shape index (κ3) is 3.98. The highest BCUT2D eigenvalue weighted by Crippen LogP contribution is 2.28. The van der Waals surface area contributed by atoms with Crippen LogP contribution in [-0.2, 0) is 6.54 Å². The van der Waals surface area contributed by atoms with Crippen molar-refractivity contribution in [3.63, 3.8) is 0 Å². The second-order valence-electron chi connectivity index (χ2n) is 5.91. The number of nitrogens with zero attached hydrogens (tertiary/aromatic N) is 2. The van der Waals surface area contributed by atoms with E-state index in [0.717, 1.165) is 31.1 Å². The van der Waals surface area contributed by atoms with E-state index >= 15 is 0 Å². The summed E-state index contributed by atoms with van der Waals surface area (Å²) in [6.45, 7) is 4.22. The normalized spacial score (nSPS) is 21.7. The smallest absolute Gasteiger partial charge is 0.141 e. The quantitative estimate of drug-likeness (QED) is 0.882. The zero-order valence-corrected chi connectivity index (χ0v) is 11.3. The molecule has 4 heteroatoms. The Morgan fingerprint density at radius 2 is 2.00 bits per heavy atom. The van der Waals surface area contributed by atoms with Gasteiger partial charge in [-0.1, -0.05) is 0 Å². The van der Waals surface area contributed by atoms with E-state index in [2.05, 4.69) is 15.2 Å². The maximum absolute atomic E-state index is 13.1. The Hall–Kier alpha value is -1.00. The zero-order chi connectivity index (χ0) is 13.1. The second-order valence-corrected chi connectivity index (χ2v) is 5.91. The molecule has 1 N–H and O–H groups in total. The van der Waals surface area contributed by atoms with E-state index in [0.29, 0.717) is 6.04 Å². The molecule has 0 atom stereocenters. The van der Waals surface area contributed by atoms with Crippen molar-refractivity contribution >= 4 is 0 Å². The van der Waals surface area contributed by atoms with Gasteiger partial charge in [0.25, 0.3) is 0 Å². The summed E-state index contributed by atoms with van der Waals surface area (Å²) in [5, 5.41) is 3.68. The van der Waals surface area contributed by atoms with Crippen molar-refractivity contribution in [1.82, 2.24) is 15.2 Å². The van der Waals surface area contributed by atoms with Crippen molar-refractivity contribution in [1.29, 1.82) is 0 Å². The molecule has 2 aliphatic rings. The fourth-order valence-corrected chi connectivity index (χ4v) is 2.75. The minimum Gasteiger partial charge on any atom is -0.314 e. The number of piperidine rings is 1. The number of hydrogen-bond donors (Lipinski definition) is 1. The summed E-state index contributed by atoms with van der Waals surface area (Å²) >= 11 is 0. The van der Waals surface area contributed by atoms with Gasteiger partial charge >= 0.3 is 0 Å². The Kier molecular flexibility index (Phi) is 4.09. The Morgan fingerprint density at radius 3 is 2.68 bits per heavy atom. The first kappa shape index (κ1) is 13.0. The van der Waals surface area contributed by atoms with Crippen LogP contribution in [0.3, 0.4) is 0 Å². The van der Waals surface area contributed by atoms with E-state index < -0.39 is 0 Å². The van der Waals surface area contributed by atoms with Crippen molar-refractivity contribution in [2.45, 2.75) is 38.3 Å². The number of hydrogen-bond acceptors (Lipinski definition) is 3. The molecule has 3 rings (SSSR count). The Morgan fingerprint density at radius 1 is 1.21 bits per heavy atom. The van der Waals surface area contributed by atoms with Gasteiger partial charge in [0.15, 0.2) is 0 Å². The SMILES string of the molecule is Fc1cncc(CN2CCC(NCC3CC3)CC2)c1. The molecule has 1 aliphatic heterocycles. The molecule has 1 saturated carbocycles. The van der Waals surface area contributed by atoms with Crippen LogP contribution >= 0.6 is 0 Å². The van der Waals surface area contributed by atoms with Gasteiger partial charge in [0.1, 0.15) is 5.82 Å². The molecule has 2 heterocycles. The molecule has 1 aliphatic carbocycles. The van der Waals surface area contributed by atoms with Gasteiger partial charge in [-0.25, -0.2) is 4.39 Å². The maximum Gasteiger partial charge on any atom is 0.141 e. The van der Waals surface area contributed by atoms with Crippen LogP contribution in [0.4, 0.5) is 4.39 Å². The predicted octanol–water partition coefficient (Wildman–Crippen LogP) is 2.18. The molecule has 3 nitrogen and oxygen atoms in total. The van der Waals surface area contributed by atoms with Crippen LogP contribution in [0.1, 0.15) is 31.2 Å². The van der Waals surface area contributed by atoms with Gasteiger partial charge in [-0.05, 0) is 62.9 Å². The predicted molar refractivity (Wildman–Crippen MR) is 73.2 cm³/mol. The minimum atomic E-state index is -0.238. The summed E-state index contributed by atoms with van der Waals surface area (Å²) in [5.41, 5.74) is 0.976. The first-order chi connectivity index (χ1) is 9.29. The van der Waals surface area contributed by atoms with Gasteiger partial charge in [0.2, 0.25) is 0 Å². The molecule has 1 aromatic rings. The van der Waals surface area contributed by atoms with Crippen LogP contribution in [0.2, 0.25) is 0 Å². The second kappa shape index (κ2) is 5.97. The lowest BCUT2D eigenvalue weighted by Crippen LogP contribution is -2.42. The molecule has 104 valence electrons. The number of rotatable bonds is 5. The fraction of sp³-hybridized carbons (Fsp3) is 0.667. The van der Waals surface area contributed by atoms with Crippen LogP contribution in [0, 0.1) is 11.7 Å². The van der Waals surface area contributed by atoms with E-state index in [1.54, 1.807) is 12.3 Å². The van der Waals surface area contributed by atoms with Crippen molar-refractivity contribution in [2.75, 3.05) is 19.6 Å². The molecule has 19 heavy (non-hydrogen) atoms. The molecular formula is C15H22FN3. The van der Waals surface area contributed by atoms with Crippen molar-refractivity contribution in [2.24, 2.45) is 5.92 Å². The van der Waals surface area contributed by atoms with E-state index in [4.69, 9.17) is 0 Å². The molecular weight excluding hydrogens is 241 g/mol. The molecule has 0 bridgehead atoms. The van der Waals surface area contributed by atoms with Crippen LogP contribution in [0.5, 0.6) is 0 Å². The van der Waals surface area contributed by atoms with E-state index in [-0.39, 0.29) is 5.82 Å². The summed E-state index contributed by atoms with van der Waals surface area (Å²) in [6.07, 6.45) is 8.26. The molecule has 1 saturated heterocycles. The maximum atomic E-state index is 13.1. The molecule has 0 unspecified atom stereocenters. The van der Waals surface area contributed by atoms with Gasteiger partial charge in [0.05, 0.1) is 6.20 Å². The van der Waals surface area contributed by atoms with E-state index in [9.17, 15) is 4.39 Å². The van der Waals surface area contributed by atoms with Gasteiger partial charge in [0, 0.05) is 18.8 Å². The largest absolute Gasteiger partial charge is 0.314 e. The van der Waals surface area contributed by atoms with E-state index in [1.165, 1.54) is 38.4 Å². The molecule has 0 radical (unpaired) electrons. The topological polar surface area (TPSA) is 28.2 Å². The standard InChI is InChI=1S/C15H22FN3/c16-14-7-13(8-17-10-14)11-19-5-3-15(4-6-19)18-9-12-1-2-12/h7-8,10,12,15,18H,1-6,9,11H2. The lowest BCUT2D eigenvalue weighted by atomic mass is 10.0. The van der Waals surface area contributed by atoms with Crippen molar-refractivity contribution in [3.8, 4) is 0 Å². The molecule has 0 spiro atoms. The average molecular weight is 263 g/mol. The first-order valence-corrected chi connectivity index (χ1v) is 7.35. The Labute approximate surface area is 114 Å². The monoisotopic (exact) mass is 263 g/mol. The average Bonchev–Trinajstić information content (AvgIpc) is 3.22. The van der Waals surface area contributed by atoms with Crippen LogP contribution in [0.25, 0.3) is 0 Å². The molecule has 1 aromatic heterocycles. The number of halogens is 1. The highest BCUT2D eigenvalue weighted by Gasteiger charge is 2.24. The minimum absolute atomic E-state index is 0.238. The molecule has 0 aromatic carbocycles. The van der Waals surface area contributed by atoms with Crippen LogP contribution in [-0.4, -0.2) is 35.6 Å². The third-order valence-electron chi connectivity index (χ3n) is 4.15. The summed E-state index contributed by atoms with van der Waals surface area (Å²) in [4.78, 5) is 6.30. The summed E-state index contributed by atoms with van der Waals surface area (Å²) in [6, 6.07) is 2.27. The lowest BCUT2D eigenvalue weighted by molar-refractivity contribution is 0.190. The summed E-state index contributed by atoms with van der Waals surface area (Å²) in [5.74, 6) is 0.717. The lowest BCUT2D eigenvalue weighted by Gasteiger charge is -2.32. The van der Waals surface area contributed by atoms with E-state index in [1.807, 2.05) is 0 Å². The van der Waals surface area contributed by atoms with Gasteiger partial charge in [-0.2, -0.15) is 0 Å². The number of likely N-dealkylation sites (tertiary alicyclic amines) is 1. The van der Waals surface area contributed by atoms with Gasteiger partial charge in [-0.15, -0.1) is 0 Å². The zero-order valence-electron chi connectivity index (χ0n) is 11.3. The van der Waals surface area contributed by atoms with Crippen LogP contribution in [0.15, 0.2) is 18.5 Å². The van der Waals surface area contributed by atoms with Crippen LogP contribution < -0.4 is 5.32 Å². The molecule has 0 amide bonds. The number of aromatic nitrogens is 1. The fourth-order valence-electron chi connectivity index (χ4n) is 2.75. The number of pyridine rings is 1. The first-order valence-electron chi connectivity index (χ1n) is 7.35. The third-order valence-corrected chi connectivity index (χ3v) is 4.15. The summed E-state index contributed by atoms with van der Waals surface area (Å²) < 4.78 is 13.1. The number of nitrogens with one attached hydrogen (secondary N) is 1. The van der Waals surface area contributed by atoms with Crippen molar-refractivity contribution in [3.05, 3.63) is 29.8 Å². The Bertz CT molecular complexity index is 412.